The first-order valence-electron chi connectivity index (χ1n) is 4.31. The smallest absolute Gasteiger partial charge is 0 e. The van der Waals surface area contributed by atoms with Crippen molar-refractivity contribution in [3.05, 3.63) is 11.1 Å². The van der Waals surface area contributed by atoms with E-state index in [9.17, 15) is 0 Å². The standard InChI is InChI=1S/C10H16.Ru/c1-7-4-5-8-6-9(7)10(8,2)3;/h8H,4-6H2,1-3H3;. The third-order valence-electron chi connectivity index (χ3n) is 3.63. The summed E-state index contributed by atoms with van der Waals surface area (Å²) in [4.78, 5) is 0. The molecule has 11 heavy (non-hydrogen) atoms. The summed E-state index contributed by atoms with van der Waals surface area (Å²) in [6.07, 6.45) is 4.24. The van der Waals surface area contributed by atoms with Crippen molar-refractivity contribution < 1.29 is 19.5 Å². The summed E-state index contributed by atoms with van der Waals surface area (Å²) in [7, 11) is 0. The van der Waals surface area contributed by atoms with Crippen molar-refractivity contribution in [2.24, 2.45) is 11.3 Å². The number of rotatable bonds is 0. The van der Waals surface area contributed by atoms with Crippen LogP contribution in [0.25, 0.3) is 0 Å². The van der Waals surface area contributed by atoms with Gasteiger partial charge in [0.25, 0.3) is 0 Å². The van der Waals surface area contributed by atoms with Gasteiger partial charge in [-0.2, -0.15) is 0 Å². The van der Waals surface area contributed by atoms with Crippen LogP contribution in [0.15, 0.2) is 11.1 Å². The predicted octanol–water partition coefficient (Wildman–Crippen LogP) is 3.14. The summed E-state index contributed by atoms with van der Waals surface area (Å²) in [6, 6.07) is 0. The quantitative estimate of drug-likeness (QED) is 0.448. The number of hydrogen-bond acceptors (Lipinski definition) is 0. The maximum absolute atomic E-state index is 2.40. The van der Waals surface area contributed by atoms with E-state index in [-0.39, 0.29) is 19.5 Å². The average Bonchev–Trinajstić information content (AvgIpc) is 1.87. The van der Waals surface area contributed by atoms with Crippen molar-refractivity contribution >= 4 is 0 Å². The van der Waals surface area contributed by atoms with Crippen LogP contribution in [-0.2, 0) is 19.5 Å². The van der Waals surface area contributed by atoms with E-state index in [4.69, 9.17) is 0 Å². The molecule has 0 aromatic carbocycles. The van der Waals surface area contributed by atoms with E-state index in [1.807, 2.05) is 0 Å². The molecule has 1 saturated carbocycles. The molecule has 0 amide bonds. The van der Waals surface area contributed by atoms with Crippen molar-refractivity contribution in [2.45, 2.75) is 40.0 Å². The van der Waals surface area contributed by atoms with Crippen molar-refractivity contribution in [2.75, 3.05) is 0 Å². The molecule has 0 spiro atoms. The van der Waals surface area contributed by atoms with Gasteiger partial charge in [0.2, 0.25) is 0 Å². The van der Waals surface area contributed by atoms with Gasteiger partial charge in [-0.25, -0.2) is 0 Å². The Morgan fingerprint density at radius 2 is 2.00 bits per heavy atom. The molecule has 3 aliphatic carbocycles. The molecule has 64 valence electrons. The van der Waals surface area contributed by atoms with E-state index in [0.717, 1.165) is 5.92 Å². The normalized spacial score (nSPS) is 32.5. The molecule has 1 fully saturated rings. The summed E-state index contributed by atoms with van der Waals surface area (Å²) < 4.78 is 0. The summed E-state index contributed by atoms with van der Waals surface area (Å²) in [5, 5.41) is 0. The molecule has 0 heterocycles. The predicted molar refractivity (Wildman–Crippen MR) is 43.8 cm³/mol. The van der Waals surface area contributed by atoms with Crippen LogP contribution in [-0.4, -0.2) is 0 Å². The van der Waals surface area contributed by atoms with Gasteiger partial charge in [-0.3, -0.25) is 0 Å². The van der Waals surface area contributed by atoms with Crippen molar-refractivity contribution in [1.29, 1.82) is 0 Å². The third kappa shape index (κ3) is 1.13. The van der Waals surface area contributed by atoms with Gasteiger partial charge in [0, 0.05) is 19.5 Å². The molecular weight excluding hydrogens is 221 g/mol. The maximum atomic E-state index is 2.40. The second kappa shape index (κ2) is 2.69. The van der Waals surface area contributed by atoms with E-state index >= 15 is 0 Å². The zero-order valence-corrected chi connectivity index (χ0v) is 9.29. The Kier molecular flexibility index (Phi) is 2.32. The van der Waals surface area contributed by atoms with Crippen LogP contribution < -0.4 is 0 Å². The van der Waals surface area contributed by atoms with E-state index in [0.29, 0.717) is 5.41 Å². The van der Waals surface area contributed by atoms with Gasteiger partial charge in [-0.05, 0) is 37.5 Å². The fourth-order valence-corrected chi connectivity index (χ4v) is 2.61. The van der Waals surface area contributed by atoms with Crippen molar-refractivity contribution in [3.8, 4) is 0 Å². The minimum absolute atomic E-state index is 0. The summed E-state index contributed by atoms with van der Waals surface area (Å²) in [6.45, 7) is 7.12. The van der Waals surface area contributed by atoms with Crippen LogP contribution in [0, 0.1) is 11.3 Å². The zero-order chi connectivity index (χ0) is 7.35. The fourth-order valence-electron chi connectivity index (χ4n) is 2.61. The fraction of sp³-hybridized carbons (Fsp3) is 0.800. The molecule has 0 aromatic rings. The monoisotopic (exact) mass is 238 g/mol. The average molecular weight is 237 g/mol. The Labute approximate surface area is 82.2 Å². The molecule has 0 aromatic heterocycles. The SMILES string of the molecule is CC1=C2CC(CC1)C2(C)C.[Ru]. The van der Waals surface area contributed by atoms with E-state index in [1.165, 1.54) is 19.3 Å². The van der Waals surface area contributed by atoms with Gasteiger partial charge < -0.3 is 0 Å². The van der Waals surface area contributed by atoms with Gasteiger partial charge in [0.05, 0.1) is 0 Å². The molecule has 2 bridgehead atoms. The topological polar surface area (TPSA) is 0 Å². The Balaban J connectivity index is 0.000000605. The molecule has 0 radical (unpaired) electrons. The van der Waals surface area contributed by atoms with Crippen LogP contribution >= 0.6 is 0 Å². The first-order valence-corrected chi connectivity index (χ1v) is 4.31. The van der Waals surface area contributed by atoms with Crippen LogP contribution in [0.1, 0.15) is 40.0 Å². The minimum Gasteiger partial charge on any atom is -0.0735 e. The molecular formula is C10H16Ru. The van der Waals surface area contributed by atoms with Crippen LogP contribution in [0.3, 0.4) is 0 Å². The molecule has 1 heteroatoms. The van der Waals surface area contributed by atoms with Gasteiger partial charge in [-0.15, -0.1) is 0 Å². The van der Waals surface area contributed by atoms with Crippen molar-refractivity contribution in [1.82, 2.24) is 0 Å². The van der Waals surface area contributed by atoms with Gasteiger partial charge >= 0.3 is 0 Å². The van der Waals surface area contributed by atoms with Crippen LogP contribution in [0.4, 0.5) is 0 Å². The van der Waals surface area contributed by atoms with E-state index in [2.05, 4.69) is 20.8 Å². The third-order valence-corrected chi connectivity index (χ3v) is 3.63. The maximum Gasteiger partial charge on any atom is 0 e. The van der Waals surface area contributed by atoms with E-state index < -0.39 is 0 Å². The minimum atomic E-state index is 0. The largest absolute Gasteiger partial charge is 0.0735 e. The van der Waals surface area contributed by atoms with Crippen LogP contribution in [0.2, 0.25) is 0 Å². The second-order valence-electron chi connectivity index (χ2n) is 4.42. The molecule has 0 N–H and O–H groups in total. The molecule has 3 rings (SSSR count). The van der Waals surface area contributed by atoms with Crippen LogP contribution in [0.5, 0.6) is 0 Å². The Morgan fingerprint density at radius 1 is 1.36 bits per heavy atom. The van der Waals surface area contributed by atoms with Crippen molar-refractivity contribution in [3.63, 3.8) is 0 Å². The molecule has 1 atom stereocenters. The van der Waals surface area contributed by atoms with E-state index in [1.54, 1.807) is 11.1 Å². The summed E-state index contributed by atoms with van der Waals surface area (Å²) >= 11 is 0. The molecule has 1 unspecified atom stereocenters. The Hall–Kier alpha value is 0.363. The zero-order valence-electron chi connectivity index (χ0n) is 7.55. The van der Waals surface area contributed by atoms with Gasteiger partial charge in [-0.1, -0.05) is 25.0 Å². The molecule has 0 saturated heterocycles. The van der Waals surface area contributed by atoms with Gasteiger partial charge in [0.15, 0.2) is 0 Å². The summed E-state index contributed by atoms with van der Waals surface area (Å²) in [5.41, 5.74) is 4.04. The number of hydrogen-bond donors (Lipinski definition) is 0. The molecule has 0 aliphatic heterocycles. The Bertz CT molecular complexity index is 201. The first-order chi connectivity index (χ1) is 4.62. The van der Waals surface area contributed by atoms with Gasteiger partial charge in [0.1, 0.15) is 0 Å². The molecule has 3 aliphatic rings. The second-order valence-corrected chi connectivity index (χ2v) is 4.42. The number of allylic oxidation sites excluding steroid dienone is 2. The number of fused-ring (bicyclic) bond motifs is 2. The Morgan fingerprint density at radius 3 is 2.27 bits per heavy atom. The first kappa shape index (κ1) is 9.45. The molecule has 0 nitrogen and oxygen atoms in total. The summed E-state index contributed by atoms with van der Waals surface area (Å²) in [5.74, 6) is 1.02.